The Balaban J connectivity index is 1.92. The quantitative estimate of drug-likeness (QED) is 0.629. The molecule has 1 atom stereocenters. The van der Waals surface area contributed by atoms with Crippen molar-refractivity contribution in [2.24, 2.45) is 4.99 Å². The van der Waals surface area contributed by atoms with Gasteiger partial charge in [0.15, 0.2) is 5.96 Å². The van der Waals surface area contributed by atoms with Crippen LogP contribution in [0.4, 0.5) is 0 Å². The first-order valence-electron chi connectivity index (χ1n) is 8.10. The average Bonchev–Trinajstić information content (AvgIpc) is 2.89. The van der Waals surface area contributed by atoms with Gasteiger partial charge >= 0.3 is 0 Å². The van der Waals surface area contributed by atoms with E-state index in [2.05, 4.69) is 63.9 Å². The van der Waals surface area contributed by atoms with Crippen LogP contribution in [0.2, 0.25) is 0 Å². The molecule has 0 saturated heterocycles. The summed E-state index contributed by atoms with van der Waals surface area (Å²) in [5.74, 6) is 2.25. The van der Waals surface area contributed by atoms with Crippen LogP contribution >= 0.6 is 0 Å². The van der Waals surface area contributed by atoms with Crippen LogP contribution in [0.3, 0.4) is 0 Å². The summed E-state index contributed by atoms with van der Waals surface area (Å²) in [4.78, 5) is 10.8. The fourth-order valence-electron chi connectivity index (χ4n) is 2.46. The first-order valence-corrected chi connectivity index (χ1v) is 8.10. The highest BCUT2D eigenvalue weighted by Gasteiger charge is 2.14. The normalized spacial score (nSPS) is 13.2. The van der Waals surface area contributed by atoms with Gasteiger partial charge in [-0.3, -0.25) is 4.99 Å². The van der Waals surface area contributed by atoms with E-state index in [0.29, 0.717) is 12.4 Å². The maximum absolute atomic E-state index is 5.58. The molecule has 0 saturated carbocycles. The molecule has 1 unspecified atom stereocenters. The van der Waals surface area contributed by atoms with Gasteiger partial charge in [-0.1, -0.05) is 30.3 Å². The molecule has 0 fully saturated rings. The molecule has 6 nitrogen and oxygen atoms in total. The van der Waals surface area contributed by atoms with Gasteiger partial charge in [0.25, 0.3) is 0 Å². The zero-order valence-electron chi connectivity index (χ0n) is 15.1. The standard InChI is InChI=1S/C18H27N5O/c1-13-14(2)24-17(22-13)12-21-18(19-3)20-11-16(23(4)5)15-9-7-6-8-10-15/h6-10,16H,11-12H2,1-5H3,(H2,19,20,21). The van der Waals surface area contributed by atoms with Gasteiger partial charge in [0.05, 0.1) is 18.3 Å². The summed E-state index contributed by atoms with van der Waals surface area (Å²) in [5.41, 5.74) is 2.19. The lowest BCUT2D eigenvalue weighted by molar-refractivity contribution is 0.298. The third kappa shape index (κ3) is 4.83. The minimum atomic E-state index is 0.260. The van der Waals surface area contributed by atoms with E-state index in [1.165, 1.54) is 5.56 Å². The maximum atomic E-state index is 5.58. The molecule has 0 aliphatic heterocycles. The Morgan fingerprint density at radius 1 is 1.21 bits per heavy atom. The molecule has 0 aliphatic carbocycles. The molecule has 6 heteroatoms. The topological polar surface area (TPSA) is 65.7 Å². The third-order valence-electron chi connectivity index (χ3n) is 3.97. The van der Waals surface area contributed by atoms with Crippen molar-refractivity contribution in [3.63, 3.8) is 0 Å². The van der Waals surface area contributed by atoms with E-state index >= 15 is 0 Å². The molecule has 2 N–H and O–H groups in total. The summed E-state index contributed by atoms with van der Waals surface area (Å²) in [7, 11) is 5.91. The molecule has 2 rings (SSSR count). The van der Waals surface area contributed by atoms with Gasteiger partial charge < -0.3 is 20.0 Å². The van der Waals surface area contributed by atoms with Crippen molar-refractivity contribution in [2.75, 3.05) is 27.7 Å². The number of likely N-dealkylation sites (N-methyl/N-ethyl adjacent to an activating group) is 1. The number of hydrogen-bond acceptors (Lipinski definition) is 4. The van der Waals surface area contributed by atoms with Crippen molar-refractivity contribution in [3.8, 4) is 0 Å². The first kappa shape index (κ1) is 18.0. The van der Waals surface area contributed by atoms with Crippen LogP contribution in [0.15, 0.2) is 39.7 Å². The van der Waals surface area contributed by atoms with E-state index in [1.54, 1.807) is 7.05 Å². The number of nitrogens with one attached hydrogen (secondary N) is 2. The number of aryl methyl sites for hydroxylation is 2. The molecular weight excluding hydrogens is 302 g/mol. The smallest absolute Gasteiger partial charge is 0.214 e. The van der Waals surface area contributed by atoms with Crippen molar-refractivity contribution >= 4 is 5.96 Å². The fourth-order valence-corrected chi connectivity index (χ4v) is 2.46. The number of rotatable bonds is 6. The molecule has 0 radical (unpaired) electrons. The van der Waals surface area contributed by atoms with Gasteiger partial charge in [-0.15, -0.1) is 0 Å². The number of oxazole rings is 1. The lowest BCUT2D eigenvalue weighted by atomic mass is 10.1. The Bertz CT molecular complexity index is 644. The summed E-state index contributed by atoms with van der Waals surface area (Å²) in [6.45, 7) is 5.12. The fraction of sp³-hybridized carbons (Fsp3) is 0.444. The molecule has 1 heterocycles. The second-order valence-corrected chi connectivity index (χ2v) is 5.95. The Morgan fingerprint density at radius 3 is 2.46 bits per heavy atom. The molecule has 2 aromatic rings. The average molecular weight is 329 g/mol. The van der Waals surface area contributed by atoms with E-state index in [4.69, 9.17) is 4.42 Å². The van der Waals surface area contributed by atoms with Gasteiger partial charge in [-0.05, 0) is 33.5 Å². The van der Waals surface area contributed by atoms with Crippen LogP contribution in [0.1, 0.15) is 29.0 Å². The summed E-state index contributed by atoms with van der Waals surface area (Å²) < 4.78 is 5.58. The number of guanidine groups is 1. The van der Waals surface area contributed by atoms with Crippen molar-refractivity contribution in [1.82, 2.24) is 20.5 Å². The summed E-state index contributed by atoms with van der Waals surface area (Å²) in [6.07, 6.45) is 0. The van der Waals surface area contributed by atoms with E-state index < -0.39 is 0 Å². The Hall–Kier alpha value is -2.34. The van der Waals surface area contributed by atoms with Crippen molar-refractivity contribution in [1.29, 1.82) is 0 Å². The van der Waals surface area contributed by atoms with Crippen LogP contribution < -0.4 is 10.6 Å². The molecule has 0 aliphatic rings. The summed E-state index contributed by atoms with van der Waals surface area (Å²) >= 11 is 0. The zero-order valence-corrected chi connectivity index (χ0v) is 15.1. The number of nitrogens with zero attached hydrogens (tertiary/aromatic N) is 3. The van der Waals surface area contributed by atoms with E-state index in [0.717, 1.165) is 24.0 Å². The van der Waals surface area contributed by atoms with Crippen LogP contribution in [-0.4, -0.2) is 43.5 Å². The van der Waals surface area contributed by atoms with E-state index in [1.807, 2.05) is 19.9 Å². The minimum Gasteiger partial charge on any atom is -0.444 e. The van der Waals surface area contributed by atoms with Crippen molar-refractivity contribution < 1.29 is 4.42 Å². The highest BCUT2D eigenvalue weighted by atomic mass is 16.4. The Morgan fingerprint density at radius 2 is 1.92 bits per heavy atom. The van der Waals surface area contributed by atoms with Gasteiger partial charge in [0.2, 0.25) is 5.89 Å². The van der Waals surface area contributed by atoms with Gasteiger partial charge in [-0.2, -0.15) is 0 Å². The van der Waals surface area contributed by atoms with Gasteiger partial charge in [0, 0.05) is 13.6 Å². The van der Waals surface area contributed by atoms with E-state index in [-0.39, 0.29) is 6.04 Å². The van der Waals surface area contributed by atoms with Crippen LogP contribution in [0.5, 0.6) is 0 Å². The van der Waals surface area contributed by atoms with Crippen LogP contribution in [-0.2, 0) is 6.54 Å². The number of aromatic nitrogens is 1. The number of aliphatic imine (C=N–C) groups is 1. The lowest BCUT2D eigenvalue weighted by Gasteiger charge is -2.26. The Labute approximate surface area is 144 Å². The molecule has 1 aromatic heterocycles. The lowest BCUT2D eigenvalue weighted by Crippen LogP contribution is -2.41. The second-order valence-electron chi connectivity index (χ2n) is 5.95. The molecule has 0 bridgehead atoms. The number of benzene rings is 1. The molecule has 24 heavy (non-hydrogen) atoms. The van der Waals surface area contributed by atoms with Gasteiger partial charge in [-0.25, -0.2) is 4.98 Å². The second kappa shape index (κ2) is 8.49. The molecule has 1 aromatic carbocycles. The predicted molar refractivity (Wildman–Crippen MR) is 97.0 cm³/mol. The van der Waals surface area contributed by atoms with E-state index in [9.17, 15) is 0 Å². The predicted octanol–water partition coefficient (Wildman–Crippen LogP) is 2.26. The number of hydrogen-bond donors (Lipinski definition) is 2. The third-order valence-corrected chi connectivity index (χ3v) is 3.97. The summed E-state index contributed by atoms with van der Waals surface area (Å²) in [6, 6.07) is 10.7. The molecule has 130 valence electrons. The largest absolute Gasteiger partial charge is 0.444 e. The minimum absolute atomic E-state index is 0.260. The monoisotopic (exact) mass is 329 g/mol. The maximum Gasteiger partial charge on any atom is 0.214 e. The van der Waals surface area contributed by atoms with Crippen molar-refractivity contribution in [3.05, 3.63) is 53.2 Å². The zero-order chi connectivity index (χ0) is 17.5. The highest BCUT2D eigenvalue weighted by Crippen LogP contribution is 2.16. The Kier molecular flexibility index (Phi) is 6.37. The molecule has 0 amide bonds. The summed E-state index contributed by atoms with van der Waals surface area (Å²) in [5, 5.41) is 6.60. The van der Waals surface area contributed by atoms with Gasteiger partial charge in [0.1, 0.15) is 5.76 Å². The van der Waals surface area contributed by atoms with Crippen LogP contribution in [0.25, 0.3) is 0 Å². The molecular formula is C18H27N5O. The highest BCUT2D eigenvalue weighted by molar-refractivity contribution is 5.79. The first-order chi connectivity index (χ1) is 11.5. The molecule has 0 spiro atoms. The van der Waals surface area contributed by atoms with Crippen LogP contribution in [0, 0.1) is 13.8 Å². The van der Waals surface area contributed by atoms with Crippen molar-refractivity contribution in [2.45, 2.75) is 26.4 Å². The SMILES string of the molecule is CN=C(NCc1nc(C)c(C)o1)NCC(c1ccccc1)N(C)C.